The third-order valence-electron chi connectivity index (χ3n) is 4.22. The number of nitrogens with zero attached hydrogens (tertiary/aromatic N) is 2. The van der Waals surface area contributed by atoms with Gasteiger partial charge in [-0.05, 0) is 42.6 Å². The summed E-state index contributed by atoms with van der Waals surface area (Å²) in [5.74, 6) is -0.444. The summed E-state index contributed by atoms with van der Waals surface area (Å²) in [6.45, 7) is 0. The van der Waals surface area contributed by atoms with Gasteiger partial charge in [0.2, 0.25) is 0 Å². The van der Waals surface area contributed by atoms with Crippen LogP contribution in [0.1, 0.15) is 39.5 Å². The number of hydrogen-bond acceptors (Lipinski definition) is 6. The van der Waals surface area contributed by atoms with E-state index in [0.717, 1.165) is 41.6 Å². The lowest BCUT2D eigenvalue weighted by Crippen LogP contribution is -2.39. The monoisotopic (exact) mass is 331 g/mol. The van der Waals surface area contributed by atoms with E-state index in [1.807, 2.05) is 6.07 Å². The third-order valence-corrected chi connectivity index (χ3v) is 5.34. The van der Waals surface area contributed by atoms with Crippen molar-refractivity contribution >= 4 is 33.0 Å². The van der Waals surface area contributed by atoms with Crippen LogP contribution in [0.25, 0.3) is 10.2 Å². The molecule has 0 fully saturated rings. The number of carbonyl (C=O) groups excluding carboxylic acids is 1. The second-order valence-corrected chi connectivity index (χ2v) is 6.72. The number of carbonyl (C=O) groups is 1. The zero-order valence-corrected chi connectivity index (χ0v) is 13.3. The van der Waals surface area contributed by atoms with Crippen LogP contribution in [0.15, 0.2) is 15.4 Å². The summed E-state index contributed by atoms with van der Waals surface area (Å²) >= 11 is 1.23. The number of hydrogen-bond donors (Lipinski definition) is 2. The molecule has 1 aliphatic carbocycles. The van der Waals surface area contributed by atoms with Crippen molar-refractivity contribution in [1.82, 2.24) is 10.3 Å². The number of aryl methyl sites for hydroxylation is 3. The Kier molecular flexibility index (Phi) is 3.08. The van der Waals surface area contributed by atoms with Gasteiger partial charge in [-0.15, -0.1) is 11.3 Å². The van der Waals surface area contributed by atoms with Gasteiger partial charge in [-0.1, -0.05) is 4.68 Å². The fraction of sp³-hybridized carbons (Fsp3) is 0.333. The lowest BCUT2D eigenvalue weighted by atomic mass is 9.95. The minimum Gasteiger partial charge on any atom is -0.397 e. The standard InChI is InChI=1S/C15H14N4O3S/c1-19-11(15(21)22-18-19)12(20)13-10(16)8-6-7-4-2-3-5-9(7)17-14(8)23-13/h6H,2-5H2,1H3,(H2-,16,18,20,21)/p+1. The molecule has 0 amide bonds. The van der Waals surface area contributed by atoms with Crippen molar-refractivity contribution in [2.24, 2.45) is 7.05 Å². The number of nitrogens with two attached hydrogens (primary N) is 1. The molecular formula is C15H15N4O3S+. The van der Waals surface area contributed by atoms with Gasteiger partial charge in [0, 0.05) is 11.1 Å². The minimum atomic E-state index is -0.707. The van der Waals surface area contributed by atoms with Crippen LogP contribution in [-0.4, -0.2) is 16.0 Å². The molecule has 118 valence electrons. The van der Waals surface area contributed by atoms with Gasteiger partial charge in [-0.3, -0.25) is 9.32 Å². The quantitative estimate of drug-likeness (QED) is 0.540. The largest absolute Gasteiger partial charge is 0.438 e. The zero-order chi connectivity index (χ0) is 16.1. The first-order valence-corrected chi connectivity index (χ1v) is 8.21. The molecule has 0 spiro atoms. The van der Waals surface area contributed by atoms with Crippen molar-refractivity contribution < 1.29 is 14.0 Å². The first-order chi connectivity index (χ1) is 11.1. The van der Waals surface area contributed by atoms with Gasteiger partial charge in [0.05, 0.1) is 5.69 Å². The maximum absolute atomic E-state index is 12.7. The normalized spacial score (nSPS) is 14.1. The smallest absolute Gasteiger partial charge is 0.397 e. The molecule has 1 aliphatic rings. The van der Waals surface area contributed by atoms with E-state index < -0.39 is 11.4 Å². The van der Waals surface area contributed by atoms with Crippen LogP contribution >= 0.6 is 11.3 Å². The molecular weight excluding hydrogens is 316 g/mol. The van der Waals surface area contributed by atoms with E-state index in [-0.39, 0.29) is 5.69 Å². The van der Waals surface area contributed by atoms with E-state index in [9.17, 15) is 9.59 Å². The lowest BCUT2D eigenvalue weighted by Gasteiger charge is -2.14. The number of fused-ring (bicyclic) bond motifs is 2. The summed E-state index contributed by atoms with van der Waals surface area (Å²) in [6.07, 6.45) is 4.24. The number of aromatic amines is 1. The van der Waals surface area contributed by atoms with E-state index >= 15 is 0 Å². The summed E-state index contributed by atoms with van der Waals surface area (Å²) in [6, 6.07) is 2.04. The summed E-state index contributed by atoms with van der Waals surface area (Å²) in [4.78, 5) is 30.1. The Labute approximate surface area is 134 Å². The minimum absolute atomic E-state index is 0.0759. The fourth-order valence-electron chi connectivity index (χ4n) is 3.02. The van der Waals surface area contributed by atoms with Crippen molar-refractivity contribution in [3.8, 4) is 0 Å². The molecule has 0 aliphatic heterocycles. The Morgan fingerprint density at radius 3 is 2.96 bits per heavy atom. The molecule has 3 heterocycles. The lowest BCUT2D eigenvalue weighted by molar-refractivity contribution is -0.741. The number of nitrogen functional groups attached to an aromatic ring is 1. The Bertz CT molecular complexity index is 998. The molecule has 0 radical (unpaired) electrons. The highest BCUT2D eigenvalue weighted by molar-refractivity contribution is 7.21. The molecule has 7 nitrogen and oxygen atoms in total. The molecule has 8 heteroatoms. The predicted molar refractivity (Wildman–Crippen MR) is 84.6 cm³/mol. The van der Waals surface area contributed by atoms with Crippen LogP contribution in [0.3, 0.4) is 0 Å². The SMILES string of the molecule is C[n+]1[nH]oc(=O)c1C(=O)c1sc2nc3c(cc2c1N)CCCC3. The van der Waals surface area contributed by atoms with Gasteiger partial charge < -0.3 is 5.73 Å². The van der Waals surface area contributed by atoms with Crippen LogP contribution in [0.5, 0.6) is 0 Å². The van der Waals surface area contributed by atoms with Gasteiger partial charge in [0.15, 0.2) is 7.05 Å². The van der Waals surface area contributed by atoms with Crippen molar-refractivity contribution in [2.75, 3.05) is 5.73 Å². The number of aromatic nitrogens is 3. The van der Waals surface area contributed by atoms with Gasteiger partial charge in [0.25, 0.3) is 5.78 Å². The zero-order valence-electron chi connectivity index (χ0n) is 12.5. The highest BCUT2D eigenvalue weighted by Gasteiger charge is 2.31. The van der Waals surface area contributed by atoms with Crippen molar-refractivity contribution in [3.63, 3.8) is 0 Å². The Morgan fingerprint density at radius 2 is 2.22 bits per heavy atom. The van der Waals surface area contributed by atoms with Crippen LogP contribution in [0.4, 0.5) is 5.69 Å². The van der Waals surface area contributed by atoms with Crippen LogP contribution in [-0.2, 0) is 19.9 Å². The summed E-state index contributed by atoms with van der Waals surface area (Å²) in [5.41, 5.74) is 8.08. The molecule has 3 aromatic rings. The predicted octanol–water partition coefficient (Wildman–Crippen LogP) is 1.09. The van der Waals surface area contributed by atoms with Crippen molar-refractivity contribution in [2.45, 2.75) is 25.7 Å². The molecule has 3 N–H and O–H groups in total. The number of rotatable bonds is 2. The molecule has 0 atom stereocenters. The molecule has 4 rings (SSSR count). The van der Waals surface area contributed by atoms with E-state index in [4.69, 9.17) is 5.73 Å². The number of nitrogens with one attached hydrogen (secondary N) is 1. The molecule has 3 aromatic heterocycles. The highest BCUT2D eigenvalue weighted by atomic mass is 32.1. The number of anilines is 1. The summed E-state index contributed by atoms with van der Waals surface area (Å²) in [7, 11) is 1.54. The van der Waals surface area contributed by atoms with Crippen LogP contribution in [0, 0.1) is 0 Å². The summed E-state index contributed by atoms with van der Waals surface area (Å²) < 4.78 is 5.90. The van der Waals surface area contributed by atoms with E-state index in [1.165, 1.54) is 21.6 Å². The Morgan fingerprint density at radius 1 is 1.43 bits per heavy atom. The number of pyridine rings is 1. The van der Waals surface area contributed by atoms with Crippen molar-refractivity contribution in [3.05, 3.63) is 38.3 Å². The fourth-order valence-corrected chi connectivity index (χ4v) is 4.06. The summed E-state index contributed by atoms with van der Waals surface area (Å²) in [5, 5.41) is 3.14. The maximum Gasteiger partial charge on any atom is 0.438 e. The molecule has 23 heavy (non-hydrogen) atoms. The molecule has 0 bridgehead atoms. The Hall–Kier alpha value is -2.48. The number of thiophene rings is 1. The second kappa shape index (κ2) is 5.02. The topological polar surface area (TPSA) is 106 Å². The first kappa shape index (κ1) is 14.1. The molecule has 0 unspecified atom stereocenters. The van der Waals surface area contributed by atoms with Crippen molar-refractivity contribution in [1.29, 1.82) is 0 Å². The average molecular weight is 331 g/mol. The maximum atomic E-state index is 12.7. The molecule has 0 saturated carbocycles. The van der Waals surface area contributed by atoms with E-state index in [1.54, 1.807) is 7.05 Å². The Balaban J connectivity index is 1.89. The third kappa shape index (κ3) is 2.09. The van der Waals surface area contributed by atoms with Crippen LogP contribution < -0.4 is 16.0 Å². The van der Waals surface area contributed by atoms with E-state index in [0.29, 0.717) is 10.6 Å². The highest BCUT2D eigenvalue weighted by Crippen LogP contribution is 2.36. The first-order valence-electron chi connectivity index (χ1n) is 7.39. The van der Waals surface area contributed by atoms with E-state index in [2.05, 4.69) is 14.8 Å². The molecule has 0 saturated heterocycles. The van der Waals surface area contributed by atoms with Gasteiger partial charge in [-0.25, -0.2) is 9.78 Å². The second-order valence-electron chi connectivity index (χ2n) is 5.72. The van der Waals surface area contributed by atoms with Crippen LogP contribution in [0.2, 0.25) is 0 Å². The average Bonchev–Trinajstić information content (AvgIpc) is 3.05. The van der Waals surface area contributed by atoms with Gasteiger partial charge >= 0.3 is 11.3 Å². The van der Waals surface area contributed by atoms with Gasteiger partial charge in [-0.2, -0.15) is 0 Å². The molecule has 0 aromatic carbocycles. The number of H-pyrrole nitrogens is 1. The van der Waals surface area contributed by atoms with Gasteiger partial charge in [0.1, 0.15) is 9.71 Å². The number of ketones is 1.